The van der Waals surface area contributed by atoms with Gasteiger partial charge in [-0.2, -0.15) is 0 Å². The quantitative estimate of drug-likeness (QED) is 0.521. The molecule has 72 valence electrons. The summed E-state index contributed by atoms with van der Waals surface area (Å²) in [6, 6.07) is 0. The monoisotopic (exact) mass is 188 g/mol. The summed E-state index contributed by atoms with van der Waals surface area (Å²) in [7, 11) is 0. The van der Waals surface area contributed by atoms with E-state index < -0.39 is 30.7 Å². The molecule has 0 amide bonds. The van der Waals surface area contributed by atoms with Gasteiger partial charge in [-0.05, 0) is 5.57 Å². The Bertz CT molecular complexity index is 246. The SMILES string of the molecule is O=C(O)C=C(CC(=O)O)CC(=O)O. The minimum atomic E-state index is -1.35. The molecular formula is C7H8O6. The van der Waals surface area contributed by atoms with E-state index in [9.17, 15) is 14.4 Å². The van der Waals surface area contributed by atoms with E-state index in [0.29, 0.717) is 6.08 Å². The first-order chi connectivity index (χ1) is 5.91. The Morgan fingerprint density at radius 2 is 1.31 bits per heavy atom. The third kappa shape index (κ3) is 6.54. The zero-order valence-corrected chi connectivity index (χ0v) is 6.56. The Labute approximate surface area is 73.1 Å². The molecule has 0 saturated heterocycles. The van der Waals surface area contributed by atoms with Crippen molar-refractivity contribution in [1.29, 1.82) is 0 Å². The van der Waals surface area contributed by atoms with E-state index in [4.69, 9.17) is 15.3 Å². The molecule has 0 rings (SSSR count). The topological polar surface area (TPSA) is 112 Å². The molecule has 0 aliphatic heterocycles. The maximum atomic E-state index is 10.1. The summed E-state index contributed by atoms with van der Waals surface area (Å²) >= 11 is 0. The fourth-order valence-corrected chi connectivity index (χ4v) is 0.728. The second-order valence-corrected chi connectivity index (χ2v) is 2.28. The molecule has 0 unspecified atom stereocenters. The summed E-state index contributed by atoms with van der Waals surface area (Å²) in [6.07, 6.45) is -0.542. The van der Waals surface area contributed by atoms with Gasteiger partial charge in [0.15, 0.2) is 0 Å². The van der Waals surface area contributed by atoms with Crippen molar-refractivity contribution in [3.05, 3.63) is 11.6 Å². The second kappa shape index (κ2) is 4.91. The lowest BCUT2D eigenvalue weighted by Crippen LogP contribution is -2.05. The number of aliphatic carboxylic acids is 3. The summed E-state index contributed by atoms with van der Waals surface area (Å²) in [5, 5.41) is 24.8. The van der Waals surface area contributed by atoms with Crippen molar-refractivity contribution < 1.29 is 29.7 Å². The molecular weight excluding hydrogens is 180 g/mol. The predicted molar refractivity (Wildman–Crippen MR) is 40.2 cm³/mol. The molecule has 0 aliphatic rings. The van der Waals surface area contributed by atoms with Gasteiger partial charge in [-0.15, -0.1) is 0 Å². The van der Waals surface area contributed by atoms with Crippen molar-refractivity contribution >= 4 is 17.9 Å². The van der Waals surface area contributed by atoms with Crippen LogP contribution in [0.4, 0.5) is 0 Å². The van der Waals surface area contributed by atoms with Crippen LogP contribution in [0.2, 0.25) is 0 Å². The lowest BCUT2D eigenvalue weighted by Gasteiger charge is -1.98. The minimum Gasteiger partial charge on any atom is -0.481 e. The van der Waals surface area contributed by atoms with Crippen LogP contribution < -0.4 is 0 Å². The van der Waals surface area contributed by atoms with Crippen molar-refractivity contribution in [2.75, 3.05) is 0 Å². The molecule has 6 nitrogen and oxygen atoms in total. The molecule has 0 aromatic heterocycles. The zero-order valence-electron chi connectivity index (χ0n) is 6.56. The van der Waals surface area contributed by atoms with Gasteiger partial charge in [-0.3, -0.25) is 9.59 Å². The fraction of sp³-hybridized carbons (Fsp3) is 0.286. The van der Waals surface area contributed by atoms with Crippen LogP contribution in [0, 0.1) is 0 Å². The molecule has 0 aromatic carbocycles. The molecule has 0 bridgehead atoms. The first kappa shape index (κ1) is 11.2. The summed E-state index contributed by atoms with van der Waals surface area (Å²) < 4.78 is 0. The number of hydrogen-bond donors (Lipinski definition) is 3. The largest absolute Gasteiger partial charge is 0.481 e. The van der Waals surface area contributed by atoms with E-state index in [-0.39, 0.29) is 5.57 Å². The summed E-state index contributed by atoms with van der Waals surface area (Å²) in [4.78, 5) is 30.4. The van der Waals surface area contributed by atoms with Gasteiger partial charge in [0.2, 0.25) is 0 Å². The third-order valence-corrected chi connectivity index (χ3v) is 1.08. The van der Waals surface area contributed by atoms with Gasteiger partial charge in [0.05, 0.1) is 12.8 Å². The standard InChI is InChI=1S/C7H8O6/c8-5(9)1-4(2-6(10)11)3-7(12)13/h1H,2-3H2,(H,8,9)(H,10,11)(H,12,13). The van der Waals surface area contributed by atoms with Crippen molar-refractivity contribution in [1.82, 2.24) is 0 Å². The molecule has 0 radical (unpaired) electrons. The number of carboxylic acids is 3. The summed E-state index contributed by atoms with van der Waals surface area (Å²) in [5.74, 6) is -3.86. The first-order valence-corrected chi connectivity index (χ1v) is 3.27. The van der Waals surface area contributed by atoms with Crippen LogP contribution in [0.25, 0.3) is 0 Å². The number of carboxylic acid groups (broad SMARTS) is 3. The average molecular weight is 188 g/mol. The second-order valence-electron chi connectivity index (χ2n) is 2.28. The van der Waals surface area contributed by atoms with E-state index >= 15 is 0 Å². The van der Waals surface area contributed by atoms with Gasteiger partial charge in [-0.1, -0.05) is 0 Å². The van der Waals surface area contributed by atoms with Gasteiger partial charge in [0, 0.05) is 6.08 Å². The van der Waals surface area contributed by atoms with Crippen LogP contribution >= 0.6 is 0 Å². The summed E-state index contributed by atoms with van der Waals surface area (Å²) in [5.41, 5.74) is -0.146. The molecule has 3 N–H and O–H groups in total. The fourth-order valence-electron chi connectivity index (χ4n) is 0.728. The molecule has 0 spiro atoms. The average Bonchev–Trinajstić information content (AvgIpc) is 1.80. The maximum Gasteiger partial charge on any atom is 0.328 e. The minimum absolute atomic E-state index is 0.146. The van der Waals surface area contributed by atoms with Gasteiger partial charge in [0.1, 0.15) is 0 Å². The molecule has 0 atom stereocenters. The molecule has 0 saturated carbocycles. The molecule has 0 aromatic rings. The van der Waals surface area contributed by atoms with Crippen molar-refractivity contribution in [2.24, 2.45) is 0 Å². The van der Waals surface area contributed by atoms with Crippen molar-refractivity contribution in [3.8, 4) is 0 Å². The van der Waals surface area contributed by atoms with Gasteiger partial charge in [0.25, 0.3) is 0 Å². The van der Waals surface area contributed by atoms with E-state index in [2.05, 4.69) is 0 Å². The van der Waals surface area contributed by atoms with Crippen molar-refractivity contribution in [3.63, 3.8) is 0 Å². The van der Waals surface area contributed by atoms with Gasteiger partial charge < -0.3 is 15.3 Å². The predicted octanol–water partition coefficient (Wildman–Crippen LogP) is -0.0532. The zero-order chi connectivity index (χ0) is 10.4. The normalized spacial score (nSPS) is 8.92. The summed E-state index contributed by atoms with van der Waals surface area (Å²) in [6.45, 7) is 0. The van der Waals surface area contributed by atoms with Crippen molar-refractivity contribution in [2.45, 2.75) is 12.8 Å². The van der Waals surface area contributed by atoms with Crippen LogP contribution in [-0.4, -0.2) is 33.2 Å². The van der Waals surface area contributed by atoms with Gasteiger partial charge >= 0.3 is 17.9 Å². The van der Waals surface area contributed by atoms with E-state index in [1.807, 2.05) is 0 Å². The number of carbonyl (C=O) groups is 3. The third-order valence-electron chi connectivity index (χ3n) is 1.08. The smallest absolute Gasteiger partial charge is 0.328 e. The number of rotatable bonds is 5. The molecule has 0 heterocycles. The Balaban J connectivity index is 4.45. The number of hydrogen-bond acceptors (Lipinski definition) is 3. The molecule has 13 heavy (non-hydrogen) atoms. The van der Waals surface area contributed by atoms with E-state index in [0.717, 1.165) is 0 Å². The highest BCUT2D eigenvalue weighted by Gasteiger charge is 2.09. The van der Waals surface area contributed by atoms with Crippen LogP contribution in [0.3, 0.4) is 0 Å². The Hall–Kier alpha value is -1.85. The van der Waals surface area contributed by atoms with Crippen LogP contribution in [0.5, 0.6) is 0 Å². The van der Waals surface area contributed by atoms with Crippen LogP contribution in [-0.2, 0) is 14.4 Å². The Kier molecular flexibility index (Phi) is 4.21. The molecule has 0 fully saturated rings. The highest BCUT2D eigenvalue weighted by atomic mass is 16.4. The molecule has 0 aliphatic carbocycles. The Morgan fingerprint density at radius 1 is 0.923 bits per heavy atom. The highest BCUT2D eigenvalue weighted by molar-refractivity contribution is 5.84. The lowest BCUT2D eigenvalue weighted by atomic mass is 10.1. The van der Waals surface area contributed by atoms with Crippen LogP contribution in [0.15, 0.2) is 11.6 Å². The van der Waals surface area contributed by atoms with Gasteiger partial charge in [-0.25, -0.2) is 4.79 Å². The first-order valence-electron chi connectivity index (χ1n) is 3.27. The highest BCUT2D eigenvalue weighted by Crippen LogP contribution is 2.06. The van der Waals surface area contributed by atoms with Crippen LogP contribution in [0.1, 0.15) is 12.8 Å². The lowest BCUT2D eigenvalue weighted by molar-refractivity contribution is -0.136. The molecule has 6 heteroatoms. The van der Waals surface area contributed by atoms with E-state index in [1.165, 1.54) is 0 Å². The van der Waals surface area contributed by atoms with E-state index in [1.54, 1.807) is 0 Å². The Morgan fingerprint density at radius 3 is 1.54 bits per heavy atom. The maximum absolute atomic E-state index is 10.1.